The molecule has 0 atom stereocenters. The molecule has 0 amide bonds. The second-order valence-electron chi connectivity index (χ2n) is 3.26. The Morgan fingerprint density at radius 1 is 1.33 bits per heavy atom. The molecule has 0 bridgehead atoms. The van der Waals surface area contributed by atoms with Gasteiger partial charge in [0.2, 0.25) is 0 Å². The minimum atomic E-state index is 0.128. The van der Waals surface area contributed by atoms with Crippen molar-refractivity contribution in [2.45, 2.75) is 0 Å². The molecule has 0 saturated heterocycles. The molecule has 3 rings (SSSR count). The number of hydrogen-bond acceptors (Lipinski definition) is 4. The molecule has 5 nitrogen and oxygen atoms in total. The molecule has 3 heterocycles. The molecular weight excluding hydrogens is 192 g/mol. The van der Waals surface area contributed by atoms with E-state index in [0.717, 1.165) is 15.8 Å². The fraction of sp³-hybridized carbons (Fsp3) is 0.100. The third kappa shape index (κ3) is 1.13. The molecule has 0 aromatic carbocycles. The number of nitroso groups, excluding NO2 is 1. The highest BCUT2D eigenvalue weighted by Gasteiger charge is 2.26. The number of aromatic nitrogens is 2. The fourth-order valence-corrected chi connectivity index (χ4v) is 1.66. The van der Waals surface area contributed by atoms with Crippen LogP contribution in [-0.4, -0.2) is 27.6 Å². The zero-order valence-electron chi connectivity index (χ0n) is 7.79. The smallest absolute Gasteiger partial charge is 0.253 e. The van der Waals surface area contributed by atoms with E-state index in [-0.39, 0.29) is 6.67 Å². The van der Waals surface area contributed by atoms with Gasteiger partial charge in [0.05, 0.1) is 15.8 Å². The molecule has 72 valence electrons. The predicted molar refractivity (Wildman–Crippen MR) is 55.3 cm³/mol. The first-order valence-corrected chi connectivity index (χ1v) is 4.54. The van der Waals surface area contributed by atoms with Crippen molar-refractivity contribution >= 4 is 22.9 Å². The summed E-state index contributed by atoms with van der Waals surface area (Å²) < 4.78 is 0.840. The number of pyridine rings is 2. The van der Waals surface area contributed by atoms with Crippen molar-refractivity contribution in [2.75, 3.05) is 6.67 Å². The number of rotatable bonds is 0. The van der Waals surface area contributed by atoms with Crippen LogP contribution in [0.1, 0.15) is 5.56 Å². The molecule has 1 aliphatic rings. The third-order valence-corrected chi connectivity index (χ3v) is 2.32. The zero-order valence-corrected chi connectivity index (χ0v) is 7.79. The van der Waals surface area contributed by atoms with Crippen molar-refractivity contribution in [3.63, 3.8) is 0 Å². The van der Waals surface area contributed by atoms with Gasteiger partial charge in [-0.05, 0) is 12.1 Å². The van der Waals surface area contributed by atoms with Gasteiger partial charge in [0, 0.05) is 23.5 Å². The first kappa shape index (κ1) is 8.16. The van der Waals surface area contributed by atoms with Crippen LogP contribution in [0, 0.1) is 4.91 Å². The molecule has 0 saturated carbocycles. The largest absolute Gasteiger partial charge is 0.296 e. The van der Waals surface area contributed by atoms with E-state index in [2.05, 4.69) is 15.0 Å². The Morgan fingerprint density at radius 2 is 2.27 bits per heavy atom. The van der Waals surface area contributed by atoms with Crippen LogP contribution in [0.2, 0.25) is 0 Å². The predicted octanol–water partition coefficient (Wildman–Crippen LogP) is 1.43. The second-order valence-corrected chi connectivity index (χ2v) is 3.26. The van der Waals surface area contributed by atoms with Gasteiger partial charge in [-0.25, -0.2) is 9.98 Å². The van der Waals surface area contributed by atoms with Gasteiger partial charge in [0.15, 0.2) is 5.52 Å². The van der Waals surface area contributed by atoms with Gasteiger partial charge in [-0.15, -0.1) is 0 Å². The van der Waals surface area contributed by atoms with Gasteiger partial charge in [0.1, 0.15) is 0 Å². The first-order valence-electron chi connectivity index (χ1n) is 4.54. The van der Waals surface area contributed by atoms with Gasteiger partial charge in [-0.3, -0.25) is 4.98 Å². The Morgan fingerprint density at radius 3 is 3.20 bits per heavy atom. The molecule has 2 aromatic heterocycles. The second kappa shape index (κ2) is 2.91. The summed E-state index contributed by atoms with van der Waals surface area (Å²) in [6.07, 6.45) is 4.96. The summed E-state index contributed by atoms with van der Waals surface area (Å²) in [5, 5.41) is 0. The molecule has 0 N–H and O–H groups in total. The molecule has 0 aliphatic carbocycles. The summed E-state index contributed by atoms with van der Waals surface area (Å²) in [7, 11) is 0. The van der Waals surface area contributed by atoms with E-state index >= 15 is 0 Å². The Hall–Kier alpha value is -2.17. The maximum atomic E-state index is 11.6. The van der Waals surface area contributed by atoms with Crippen LogP contribution in [0.15, 0.2) is 29.5 Å². The molecule has 0 unspecified atom stereocenters. The van der Waals surface area contributed by atoms with Gasteiger partial charge >= 0.3 is 0 Å². The van der Waals surface area contributed by atoms with E-state index < -0.39 is 0 Å². The average molecular weight is 199 g/mol. The van der Waals surface area contributed by atoms with E-state index in [9.17, 15) is 4.91 Å². The molecule has 0 spiro atoms. The Kier molecular flexibility index (Phi) is 1.58. The van der Waals surface area contributed by atoms with E-state index in [1.54, 1.807) is 24.7 Å². The normalized spacial score (nSPS) is 14.3. The number of fused-ring (bicyclic) bond motifs is 3. The topological polar surface area (TPSA) is 58.2 Å². The minimum Gasteiger partial charge on any atom is -0.253 e. The molecule has 5 heteroatoms. The molecule has 0 radical (unpaired) electrons. The van der Waals surface area contributed by atoms with E-state index in [1.165, 1.54) is 0 Å². The molecule has 1 aliphatic heterocycles. The van der Waals surface area contributed by atoms with Gasteiger partial charge < -0.3 is 0 Å². The van der Waals surface area contributed by atoms with Gasteiger partial charge in [0.25, 0.3) is 12.4 Å². The molecule has 0 fully saturated rings. The lowest BCUT2D eigenvalue weighted by molar-refractivity contribution is -0.460. The van der Waals surface area contributed by atoms with E-state index in [0.29, 0.717) is 11.2 Å². The summed E-state index contributed by atoms with van der Waals surface area (Å²) in [6, 6.07) is 3.63. The third-order valence-electron chi connectivity index (χ3n) is 2.32. The minimum absolute atomic E-state index is 0.128. The summed E-state index contributed by atoms with van der Waals surface area (Å²) in [5.41, 5.74) is 2.65. The van der Waals surface area contributed by atoms with Crippen molar-refractivity contribution in [1.82, 2.24) is 9.97 Å². The first-order chi connectivity index (χ1) is 7.36. The summed E-state index contributed by atoms with van der Waals surface area (Å²) in [6.45, 7) is 0.128. The van der Waals surface area contributed by atoms with Gasteiger partial charge in [-0.2, -0.15) is 0 Å². The van der Waals surface area contributed by atoms with Crippen molar-refractivity contribution in [2.24, 2.45) is 4.99 Å². The van der Waals surface area contributed by atoms with Crippen LogP contribution in [0.25, 0.3) is 11.0 Å². The van der Waals surface area contributed by atoms with Crippen LogP contribution in [0.5, 0.6) is 0 Å². The maximum Gasteiger partial charge on any atom is 0.296 e. The van der Waals surface area contributed by atoms with Gasteiger partial charge in [-0.1, -0.05) is 0 Å². The number of hydrogen-bond donors (Lipinski definition) is 0. The SMILES string of the molecule is O=[N+]1CN=Cc2cnc3cccnc3c21. The maximum absolute atomic E-state index is 11.6. The highest BCUT2D eigenvalue weighted by atomic mass is 16.3. The fourth-order valence-electron chi connectivity index (χ4n) is 1.66. The van der Waals surface area contributed by atoms with Crippen molar-refractivity contribution in [3.05, 3.63) is 35.0 Å². The summed E-state index contributed by atoms with van der Waals surface area (Å²) >= 11 is 0. The number of nitrogens with zero attached hydrogens (tertiary/aromatic N) is 4. The summed E-state index contributed by atoms with van der Waals surface area (Å²) in [5.74, 6) is 0. The lowest BCUT2D eigenvalue weighted by Gasteiger charge is -2.03. The van der Waals surface area contributed by atoms with E-state index in [1.807, 2.05) is 6.07 Å². The van der Waals surface area contributed by atoms with Crippen molar-refractivity contribution < 1.29 is 4.76 Å². The average Bonchev–Trinajstić information content (AvgIpc) is 2.29. The van der Waals surface area contributed by atoms with Crippen LogP contribution in [-0.2, 0) is 0 Å². The van der Waals surface area contributed by atoms with Crippen molar-refractivity contribution in [3.8, 4) is 0 Å². The monoisotopic (exact) mass is 199 g/mol. The molecular formula is C10H7N4O+. The Bertz CT molecular complexity index is 591. The highest BCUT2D eigenvalue weighted by Crippen LogP contribution is 2.26. The summed E-state index contributed by atoms with van der Waals surface area (Å²) in [4.78, 5) is 24.0. The number of aliphatic imine (C=N–C) groups is 1. The van der Waals surface area contributed by atoms with Crippen LogP contribution in [0.3, 0.4) is 0 Å². The van der Waals surface area contributed by atoms with Crippen LogP contribution in [0.4, 0.5) is 5.69 Å². The Balaban J connectivity index is 2.47. The van der Waals surface area contributed by atoms with Crippen LogP contribution >= 0.6 is 0 Å². The highest BCUT2D eigenvalue weighted by molar-refractivity contribution is 5.96. The lowest BCUT2D eigenvalue weighted by atomic mass is 10.2. The van der Waals surface area contributed by atoms with Crippen molar-refractivity contribution in [1.29, 1.82) is 0 Å². The molecule has 2 aromatic rings. The molecule has 15 heavy (non-hydrogen) atoms. The van der Waals surface area contributed by atoms with E-state index in [4.69, 9.17) is 0 Å². The van der Waals surface area contributed by atoms with Crippen LogP contribution < -0.4 is 0 Å². The lowest BCUT2D eigenvalue weighted by Crippen LogP contribution is -2.10. The quantitative estimate of drug-likeness (QED) is 0.603. The zero-order chi connectivity index (χ0) is 10.3. The standard InChI is InChI=1S/C10H7N4O/c15-14-6-11-4-7-5-13-8-2-1-3-12-9(8)10(7)14/h1-5H,6H2/q+1. The Labute approximate surface area is 85.1 Å².